The Morgan fingerprint density at radius 1 is 1.62 bits per heavy atom. The quantitative estimate of drug-likeness (QED) is 0.492. The molecule has 0 saturated heterocycles. The molecule has 2 heteroatoms. The Balaban J connectivity index is 2.69. The minimum absolute atomic E-state index is 1.11. The van der Waals surface area contributed by atoms with Crippen LogP contribution in [-0.2, 0) is 0 Å². The molecule has 1 N–H and O–H groups in total. The minimum atomic E-state index is 1.11. The van der Waals surface area contributed by atoms with E-state index in [2.05, 4.69) is 10.3 Å². The molecule has 1 rings (SSSR count). The van der Waals surface area contributed by atoms with Gasteiger partial charge in [-0.15, -0.1) is 0 Å². The second-order valence-electron chi connectivity index (χ2n) is 1.61. The van der Waals surface area contributed by atoms with E-state index < -0.39 is 0 Å². The number of aliphatic imine (C=N–C) groups is 1. The normalized spacial score (nSPS) is 16.9. The second-order valence-corrected chi connectivity index (χ2v) is 1.61. The van der Waals surface area contributed by atoms with Gasteiger partial charge in [-0.1, -0.05) is 0 Å². The number of nitrogens with one attached hydrogen (secondary N) is 1. The van der Waals surface area contributed by atoms with Crippen LogP contribution < -0.4 is 5.32 Å². The highest BCUT2D eigenvalue weighted by Crippen LogP contribution is 1.88. The molecule has 0 fully saturated rings. The highest BCUT2D eigenvalue weighted by atomic mass is 14.9. The Hall–Kier alpha value is -1.05. The molecule has 42 valence electrons. The van der Waals surface area contributed by atoms with Crippen LogP contribution in [0.25, 0.3) is 0 Å². The topological polar surface area (TPSA) is 24.4 Å². The summed E-state index contributed by atoms with van der Waals surface area (Å²) in [5.74, 6) is 0. The van der Waals surface area contributed by atoms with Crippen LogP contribution in [0.1, 0.15) is 6.92 Å². The summed E-state index contributed by atoms with van der Waals surface area (Å²) in [7, 11) is 0. The van der Waals surface area contributed by atoms with Gasteiger partial charge in [-0.25, -0.2) is 4.99 Å². The molecule has 0 spiro atoms. The van der Waals surface area contributed by atoms with E-state index in [1.807, 2.05) is 19.1 Å². The molecule has 2 nitrogen and oxygen atoms in total. The molecular formula is C6H8N2. The molecule has 1 heterocycles. The monoisotopic (exact) mass is 108 g/mol. The van der Waals surface area contributed by atoms with Crippen molar-refractivity contribution in [1.82, 2.24) is 5.32 Å². The van der Waals surface area contributed by atoms with E-state index >= 15 is 0 Å². The minimum Gasteiger partial charge on any atom is -0.350 e. The lowest BCUT2D eigenvalue weighted by molar-refractivity contribution is 1.15. The van der Waals surface area contributed by atoms with Gasteiger partial charge in [0.1, 0.15) is 0 Å². The average Bonchev–Trinajstić information content (AvgIpc) is 1.94. The van der Waals surface area contributed by atoms with Crippen LogP contribution >= 0.6 is 0 Å². The molecule has 0 amide bonds. The summed E-state index contributed by atoms with van der Waals surface area (Å²) < 4.78 is 0. The number of nitrogens with zero attached hydrogens (tertiary/aromatic N) is 1. The third kappa shape index (κ3) is 1.22. The molecule has 0 saturated carbocycles. The van der Waals surface area contributed by atoms with Gasteiger partial charge in [-0.2, -0.15) is 0 Å². The van der Waals surface area contributed by atoms with Gasteiger partial charge in [0.05, 0.1) is 6.34 Å². The van der Waals surface area contributed by atoms with Crippen molar-refractivity contribution in [3.05, 3.63) is 24.0 Å². The zero-order valence-corrected chi connectivity index (χ0v) is 4.76. The van der Waals surface area contributed by atoms with Crippen LogP contribution in [0.5, 0.6) is 0 Å². The predicted octanol–water partition coefficient (Wildman–Crippen LogP) is 1.04. The van der Waals surface area contributed by atoms with E-state index in [0.717, 1.165) is 5.70 Å². The van der Waals surface area contributed by atoms with E-state index in [1.165, 1.54) is 0 Å². The molecule has 0 aromatic heterocycles. The highest BCUT2D eigenvalue weighted by molar-refractivity contribution is 5.59. The molecule has 0 aromatic rings. The van der Waals surface area contributed by atoms with Gasteiger partial charge in [0.25, 0.3) is 0 Å². The SMILES string of the molecule is CC1=CC=CN=CN1. The molecule has 1 aliphatic rings. The lowest BCUT2D eigenvalue weighted by Crippen LogP contribution is -2.05. The van der Waals surface area contributed by atoms with Crippen LogP contribution in [0.4, 0.5) is 0 Å². The van der Waals surface area contributed by atoms with Gasteiger partial charge >= 0.3 is 0 Å². The van der Waals surface area contributed by atoms with Crippen LogP contribution in [0.2, 0.25) is 0 Å². The number of rotatable bonds is 0. The van der Waals surface area contributed by atoms with Crippen LogP contribution in [0.3, 0.4) is 0 Å². The fourth-order valence-electron chi connectivity index (χ4n) is 0.467. The summed E-state index contributed by atoms with van der Waals surface area (Å²) in [5.41, 5.74) is 1.11. The highest BCUT2D eigenvalue weighted by Gasteiger charge is 1.81. The largest absolute Gasteiger partial charge is 0.350 e. The van der Waals surface area contributed by atoms with Crippen LogP contribution in [0, 0.1) is 0 Å². The third-order valence-corrected chi connectivity index (χ3v) is 0.885. The zero-order chi connectivity index (χ0) is 5.82. The van der Waals surface area contributed by atoms with Gasteiger partial charge in [0.2, 0.25) is 0 Å². The molecule has 0 unspecified atom stereocenters. The van der Waals surface area contributed by atoms with Crippen molar-refractivity contribution in [3.8, 4) is 0 Å². The summed E-state index contributed by atoms with van der Waals surface area (Å²) in [6, 6.07) is 0. The summed E-state index contributed by atoms with van der Waals surface area (Å²) in [4.78, 5) is 3.85. The number of allylic oxidation sites excluding steroid dienone is 3. The van der Waals surface area contributed by atoms with Crippen LogP contribution in [0.15, 0.2) is 29.0 Å². The van der Waals surface area contributed by atoms with Crippen LogP contribution in [-0.4, -0.2) is 6.34 Å². The van der Waals surface area contributed by atoms with E-state index in [1.54, 1.807) is 12.5 Å². The van der Waals surface area contributed by atoms with Crippen molar-refractivity contribution in [2.24, 2.45) is 4.99 Å². The zero-order valence-electron chi connectivity index (χ0n) is 4.76. The third-order valence-electron chi connectivity index (χ3n) is 0.885. The molecule has 0 aliphatic carbocycles. The van der Waals surface area contributed by atoms with Crippen molar-refractivity contribution in [2.75, 3.05) is 0 Å². The maximum atomic E-state index is 3.85. The molecule has 0 aromatic carbocycles. The van der Waals surface area contributed by atoms with E-state index in [4.69, 9.17) is 0 Å². The van der Waals surface area contributed by atoms with Crippen molar-refractivity contribution in [1.29, 1.82) is 0 Å². The Labute approximate surface area is 48.6 Å². The van der Waals surface area contributed by atoms with Gasteiger partial charge in [-0.05, 0) is 19.1 Å². The van der Waals surface area contributed by atoms with Gasteiger partial charge in [-0.3, -0.25) is 0 Å². The average molecular weight is 108 g/mol. The first-order chi connectivity index (χ1) is 3.89. The molecule has 0 atom stereocenters. The maximum absolute atomic E-state index is 3.85. The smallest absolute Gasteiger partial charge is 0.0920 e. The summed E-state index contributed by atoms with van der Waals surface area (Å²) in [6.07, 6.45) is 7.26. The standard InChI is InChI=1S/C6H8N2/c1-6-3-2-4-7-5-8-6/h2-5H,1H3,(H,7,8). The lowest BCUT2D eigenvalue weighted by atomic mass is 10.4. The Kier molecular flexibility index (Phi) is 1.47. The summed E-state index contributed by atoms with van der Waals surface area (Å²) in [5, 5.41) is 2.95. The van der Waals surface area contributed by atoms with Gasteiger partial charge in [0.15, 0.2) is 0 Å². The Morgan fingerprint density at radius 2 is 2.50 bits per heavy atom. The number of hydrogen-bond donors (Lipinski definition) is 1. The molecule has 8 heavy (non-hydrogen) atoms. The predicted molar refractivity (Wildman–Crippen MR) is 34.5 cm³/mol. The van der Waals surface area contributed by atoms with E-state index in [0.29, 0.717) is 0 Å². The second kappa shape index (κ2) is 2.31. The first-order valence-electron chi connectivity index (χ1n) is 2.51. The lowest BCUT2D eigenvalue weighted by Gasteiger charge is -1.91. The fourth-order valence-corrected chi connectivity index (χ4v) is 0.467. The maximum Gasteiger partial charge on any atom is 0.0920 e. The first-order valence-corrected chi connectivity index (χ1v) is 2.51. The first kappa shape index (κ1) is 5.09. The molecule has 1 aliphatic heterocycles. The van der Waals surface area contributed by atoms with Crippen molar-refractivity contribution in [3.63, 3.8) is 0 Å². The van der Waals surface area contributed by atoms with E-state index in [9.17, 15) is 0 Å². The molecular weight excluding hydrogens is 100 g/mol. The van der Waals surface area contributed by atoms with Gasteiger partial charge < -0.3 is 5.32 Å². The number of hydrogen-bond acceptors (Lipinski definition) is 2. The van der Waals surface area contributed by atoms with Crippen molar-refractivity contribution >= 4 is 6.34 Å². The fraction of sp³-hybridized carbons (Fsp3) is 0.167. The molecule has 0 bridgehead atoms. The van der Waals surface area contributed by atoms with E-state index in [-0.39, 0.29) is 0 Å². The summed E-state index contributed by atoms with van der Waals surface area (Å²) >= 11 is 0. The van der Waals surface area contributed by atoms with Gasteiger partial charge in [0, 0.05) is 11.9 Å². The Bertz CT molecular complexity index is 154. The summed E-state index contributed by atoms with van der Waals surface area (Å²) in [6.45, 7) is 1.99. The van der Waals surface area contributed by atoms with Crippen molar-refractivity contribution < 1.29 is 0 Å². The molecule has 0 radical (unpaired) electrons. The Morgan fingerprint density at radius 3 is 3.38 bits per heavy atom. The van der Waals surface area contributed by atoms with Crippen molar-refractivity contribution in [2.45, 2.75) is 6.92 Å².